The van der Waals surface area contributed by atoms with Gasteiger partial charge >= 0.3 is 0 Å². The van der Waals surface area contributed by atoms with Crippen molar-refractivity contribution in [3.05, 3.63) is 107 Å². The highest BCUT2D eigenvalue weighted by atomic mass is 19.1. The Balaban J connectivity index is 1.87. The van der Waals surface area contributed by atoms with Crippen LogP contribution in [0.2, 0.25) is 0 Å². The second-order valence-electron chi connectivity index (χ2n) is 8.55. The van der Waals surface area contributed by atoms with E-state index in [-0.39, 0.29) is 36.5 Å². The highest BCUT2D eigenvalue weighted by Crippen LogP contribution is 2.29. The van der Waals surface area contributed by atoms with Crippen molar-refractivity contribution in [3.63, 3.8) is 0 Å². The summed E-state index contributed by atoms with van der Waals surface area (Å²) < 4.78 is 13.4. The van der Waals surface area contributed by atoms with E-state index in [0.29, 0.717) is 6.54 Å². The maximum absolute atomic E-state index is 13.7. The molecule has 3 rings (SSSR count). The number of halogens is 1. The average molecular weight is 461 g/mol. The first kappa shape index (κ1) is 25.2. The highest BCUT2D eigenvalue weighted by molar-refractivity contribution is 5.87. The molecule has 5 heteroatoms. The second kappa shape index (κ2) is 12.7. The van der Waals surface area contributed by atoms with Crippen LogP contribution in [0.3, 0.4) is 0 Å². The molecular formula is C29H33FN2O2. The smallest absolute Gasteiger partial charge is 0.242 e. The number of benzene rings is 3. The molecule has 0 aliphatic heterocycles. The van der Waals surface area contributed by atoms with Gasteiger partial charge in [-0.15, -0.1) is 0 Å². The summed E-state index contributed by atoms with van der Waals surface area (Å²) in [4.78, 5) is 28.2. The van der Waals surface area contributed by atoms with E-state index in [1.54, 1.807) is 24.0 Å². The molecule has 3 aromatic rings. The molecule has 0 saturated heterocycles. The number of nitrogens with zero attached hydrogens (tertiary/aromatic N) is 1. The summed E-state index contributed by atoms with van der Waals surface area (Å²) in [5.74, 6) is -0.777. The van der Waals surface area contributed by atoms with Crippen LogP contribution in [0.1, 0.15) is 55.7 Å². The number of carbonyl (C=O) groups is 2. The third-order valence-corrected chi connectivity index (χ3v) is 6.05. The molecule has 178 valence electrons. The van der Waals surface area contributed by atoms with Crippen LogP contribution in [0.25, 0.3) is 0 Å². The van der Waals surface area contributed by atoms with Crippen molar-refractivity contribution in [2.75, 3.05) is 6.54 Å². The van der Waals surface area contributed by atoms with Gasteiger partial charge in [-0.05, 0) is 42.2 Å². The normalized spacial score (nSPS) is 11.8. The number of amides is 2. The van der Waals surface area contributed by atoms with Gasteiger partial charge in [0.2, 0.25) is 11.8 Å². The Hall–Kier alpha value is -3.47. The van der Waals surface area contributed by atoms with Gasteiger partial charge in [0.05, 0.1) is 0 Å². The standard InChI is InChI=1S/C29H33FN2O2/c1-3-4-19-31-29(34)22(2)32(21-23-15-17-26(30)18-16-23)28(33)20-27(24-11-7-5-8-12-24)25-13-9-6-10-14-25/h5-18,22,27H,3-4,19-21H2,1-2H3,(H,31,34)/t22-/m1/s1. The molecule has 4 nitrogen and oxygen atoms in total. The molecule has 1 N–H and O–H groups in total. The van der Waals surface area contributed by atoms with E-state index in [0.717, 1.165) is 29.5 Å². The molecule has 0 aromatic heterocycles. The minimum atomic E-state index is -0.651. The Morgan fingerprint density at radius 1 is 0.882 bits per heavy atom. The van der Waals surface area contributed by atoms with Crippen molar-refractivity contribution in [1.82, 2.24) is 10.2 Å². The first-order chi connectivity index (χ1) is 16.5. The van der Waals surface area contributed by atoms with Gasteiger partial charge in [-0.1, -0.05) is 86.1 Å². The molecule has 0 heterocycles. The number of unbranched alkanes of at least 4 members (excludes halogenated alkanes) is 1. The van der Waals surface area contributed by atoms with E-state index < -0.39 is 6.04 Å². The van der Waals surface area contributed by atoms with Crippen LogP contribution in [0.4, 0.5) is 4.39 Å². The fourth-order valence-electron chi connectivity index (χ4n) is 4.00. The zero-order valence-corrected chi connectivity index (χ0v) is 19.9. The fraction of sp³-hybridized carbons (Fsp3) is 0.310. The van der Waals surface area contributed by atoms with Crippen LogP contribution in [-0.4, -0.2) is 29.3 Å². The predicted molar refractivity (Wildman–Crippen MR) is 134 cm³/mol. The number of hydrogen-bond donors (Lipinski definition) is 1. The Bertz CT molecular complexity index is 999. The Morgan fingerprint density at radius 3 is 1.97 bits per heavy atom. The zero-order valence-electron chi connectivity index (χ0n) is 19.9. The zero-order chi connectivity index (χ0) is 24.3. The summed E-state index contributed by atoms with van der Waals surface area (Å²) in [6.07, 6.45) is 2.08. The SMILES string of the molecule is CCCCNC(=O)[C@@H](C)N(Cc1ccc(F)cc1)C(=O)CC(c1ccccc1)c1ccccc1. The lowest BCUT2D eigenvalue weighted by Crippen LogP contribution is -2.48. The van der Waals surface area contributed by atoms with Crippen LogP contribution >= 0.6 is 0 Å². The van der Waals surface area contributed by atoms with Crippen LogP contribution in [0.5, 0.6) is 0 Å². The number of carbonyl (C=O) groups excluding carboxylic acids is 2. The topological polar surface area (TPSA) is 49.4 Å². The predicted octanol–water partition coefficient (Wildman–Crippen LogP) is 5.68. The first-order valence-electron chi connectivity index (χ1n) is 11.9. The van der Waals surface area contributed by atoms with Crippen molar-refractivity contribution in [1.29, 1.82) is 0 Å². The van der Waals surface area contributed by atoms with Gasteiger partial charge in [0.1, 0.15) is 11.9 Å². The molecule has 0 bridgehead atoms. The minimum Gasteiger partial charge on any atom is -0.354 e. The third kappa shape index (κ3) is 7.01. The van der Waals surface area contributed by atoms with Crippen molar-refractivity contribution in [2.24, 2.45) is 0 Å². The lowest BCUT2D eigenvalue weighted by Gasteiger charge is -2.30. The van der Waals surface area contributed by atoms with Gasteiger partial charge in [-0.3, -0.25) is 9.59 Å². The number of rotatable bonds is 11. The van der Waals surface area contributed by atoms with Crippen LogP contribution in [-0.2, 0) is 16.1 Å². The summed E-state index contributed by atoms with van der Waals surface area (Å²) >= 11 is 0. The second-order valence-corrected chi connectivity index (χ2v) is 8.55. The molecular weight excluding hydrogens is 427 g/mol. The molecule has 34 heavy (non-hydrogen) atoms. The quantitative estimate of drug-likeness (QED) is 0.374. The van der Waals surface area contributed by atoms with Crippen molar-refractivity contribution in [3.8, 4) is 0 Å². The molecule has 0 aliphatic carbocycles. The van der Waals surface area contributed by atoms with Gasteiger partial charge in [-0.25, -0.2) is 4.39 Å². The van der Waals surface area contributed by atoms with Crippen LogP contribution in [0, 0.1) is 5.82 Å². The number of hydrogen-bond acceptors (Lipinski definition) is 2. The van der Waals surface area contributed by atoms with Gasteiger partial charge in [0.25, 0.3) is 0 Å². The molecule has 0 saturated carbocycles. The van der Waals surface area contributed by atoms with Crippen molar-refractivity contribution >= 4 is 11.8 Å². The fourth-order valence-corrected chi connectivity index (χ4v) is 4.00. The summed E-state index contributed by atoms with van der Waals surface area (Å²) in [6, 6.07) is 25.3. The van der Waals surface area contributed by atoms with E-state index in [4.69, 9.17) is 0 Å². The summed E-state index contributed by atoms with van der Waals surface area (Å²) in [6.45, 7) is 4.63. The van der Waals surface area contributed by atoms with Crippen molar-refractivity contribution in [2.45, 2.75) is 51.6 Å². The largest absolute Gasteiger partial charge is 0.354 e. The van der Waals surface area contributed by atoms with E-state index in [2.05, 4.69) is 12.2 Å². The Kier molecular flexibility index (Phi) is 9.39. The van der Waals surface area contributed by atoms with E-state index in [1.807, 2.05) is 60.7 Å². The molecule has 0 aliphatic rings. The van der Waals surface area contributed by atoms with E-state index >= 15 is 0 Å². The molecule has 2 amide bonds. The Labute approximate surface area is 201 Å². The first-order valence-corrected chi connectivity index (χ1v) is 11.9. The molecule has 0 radical (unpaired) electrons. The van der Waals surface area contributed by atoms with Gasteiger partial charge in [0, 0.05) is 25.4 Å². The minimum absolute atomic E-state index is 0.125. The van der Waals surface area contributed by atoms with E-state index in [9.17, 15) is 14.0 Å². The molecule has 0 spiro atoms. The number of nitrogens with one attached hydrogen (secondary N) is 1. The van der Waals surface area contributed by atoms with Gasteiger partial charge in [0.15, 0.2) is 0 Å². The van der Waals surface area contributed by atoms with E-state index in [1.165, 1.54) is 12.1 Å². The van der Waals surface area contributed by atoms with Crippen LogP contribution < -0.4 is 5.32 Å². The summed E-state index contributed by atoms with van der Waals surface area (Å²) in [5, 5.41) is 2.94. The average Bonchev–Trinajstić information content (AvgIpc) is 2.87. The molecule has 3 aromatic carbocycles. The molecule has 1 atom stereocenters. The third-order valence-electron chi connectivity index (χ3n) is 6.05. The summed E-state index contributed by atoms with van der Waals surface area (Å²) in [5.41, 5.74) is 2.87. The molecule has 0 unspecified atom stereocenters. The lowest BCUT2D eigenvalue weighted by molar-refractivity contribution is -0.140. The van der Waals surface area contributed by atoms with Gasteiger partial charge in [-0.2, -0.15) is 0 Å². The Morgan fingerprint density at radius 2 is 1.44 bits per heavy atom. The maximum atomic E-state index is 13.7. The summed E-state index contributed by atoms with van der Waals surface area (Å²) in [7, 11) is 0. The van der Waals surface area contributed by atoms with Gasteiger partial charge < -0.3 is 10.2 Å². The van der Waals surface area contributed by atoms with Crippen LogP contribution in [0.15, 0.2) is 84.9 Å². The monoisotopic (exact) mass is 460 g/mol. The maximum Gasteiger partial charge on any atom is 0.242 e. The molecule has 0 fully saturated rings. The highest BCUT2D eigenvalue weighted by Gasteiger charge is 2.29. The van der Waals surface area contributed by atoms with Crippen molar-refractivity contribution < 1.29 is 14.0 Å². The lowest BCUT2D eigenvalue weighted by atomic mass is 9.88.